The van der Waals surface area contributed by atoms with E-state index in [4.69, 9.17) is 0 Å². The average molecular weight is 325 g/mol. The van der Waals surface area contributed by atoms with Gasteiger partial charge in [0.25, 0.3) is 0 Å². The lowest BCUT2D eigenvalue weighted by Gasteiger charge is -2.36. The highest BCUT2D eigenvalue weighted by atomic mass is 16.2. The standard InChI is InChI=1S/C20H27N3O/c1-20(2,17-8-4-3-5-9-17)12-11-19(24)23-13-7-6-10-18(23)16-14-21-22-15-16/h3-5,8-9,14-15,18H,6-7,10-13H2,1-2H3,(H,21,22)/t18-/m0/s1. The minimum absolute atomic E-state index is 0.0117. The third-order valence-corrected chi connectivity index (χ3v) is 5.25. The van der Waals surface area contributed by atoms with Crippen molar-refractivity contribution in [3.8, 4) is 0 Å². The molecule has 0 spiro atoms. The van der Waals surface area contributed by atoms with Gasteiger partial charge in [-0.3, -0.25) is 9.89 Å². The predicted molar refractivity (Wildman–Crippen MR) is 95.6 cm³/mol. The number of hydrogen-bond donors (Lipinski definition) is 1. The maximum absolute atomic E-state index is 12.9. The quantitative estimate of drug-likeness (QED) is 0.894. The van der Waals surface area contributed by atoms with E-state index in [2.05, 4.69) is 53.2 Å². The Morgan fingerprint density at radius 2 is 2.08 bits per heavy atom. The number of nitrogens with one attached hydrogen (secondary N) is 1. The number of benzene rings is 1. The van der Waals surface area contributed by atoms with Crippen LogP contribution in [0.1, 0.15) is 63.1 Å². The molecule has 0 radical (unpaired) electrons. The summed E-state index contributed by atoms with van der Waals surface area (Å²) in [7, 11) is 0. The lowest BCUT2D eigenvalue weighted by molar-refractivity contribution is -0.135. The SMILES string of the molecule is CC(C)(CCC(=O)N1CCCC[C@H]1c1cn[nH]c1)c1ccccc1. The van der Waals surface area contributed by atoms with Crippen molar-refractivity contribution in [1.82, 2.24) is 15.1 Å². The molecule has 4 nitrogen and oxygen atoms in total. The minimum Gasteiger partial charge on any atom is -0.336 e. The number of carbonyl (C=O) groups excluding carboxylic acids is 1. The van der Waals surface area contributed by atoms with Crippen LogP contribution in [0.3, 0.4) is 0 Å². The van der Waals surface area contributed by atoms with Crippen LogP contribution in [0.15, 0.2) is 42.7 Å². The molecule has 1 N–H and O–H groups in total. The Kier molecular flexibility index (Phi) is 5.03. The molecule has 1 aliphatic rings. The third-order valence-electron chi connectivity index (χ3n) is 5.25. The average Bonchev–Trinajstić information content (AvgIpc) is 3.15. The maximum Gasteiger partial charge on any atom is 0.223 e. The summed E-state index contributed by atoms with van der Waals surface area (Å²) in [6.07, 6.45) is 8.54. The summed E-state index contributed by atoms with van der Waals surface area (Å²) in [6.45, 7) is 5.30. The second kappa shape index (κ2) is 7.20. The predicted octanol–water partition coefficient (Wildman–Crippen LogP) is 4.22. The summed E-state index contributed by atoms with van der Waals surface area (Å²) >= 11 is 0. The van der Waals surface area contributed by atoms with Crippen LogP contribution in [0, 0.1) is 0 Å². The fourth-order valence-corrected chi connectivity index (χ4v) is 3.62. The molecule has 128 valence electrons. The zero-order valence-corrected chi connectivity index (χ0v) is 14.7. The molecule has 1 atom stereocenters. The summed E-state index contributed by atoms with van der Waals surface area (Å²) < 4.78 is 0. The molecule has 0 unspecified atom stereocenters. The van der Waals surface area contributed by atoms with Crippen molar-refractivity contribution in [1.29, 1.82) is 0 Å². The summed E-state index contributed by atoms with van der Waals surface area (Å²) in [5.74, 6) is 0.268. The first-order valence-electron chi connectivity index (χ1n) is 8.91. The number of amides is 1. The molecule has 3 rings (SSSR count). The van der Waals surface area contributed by atoms with Crippen LogP contribution in [-0.2, 0) is 10.2 Å². The van der Waals surface area contributed by atoms with E-state index in [0.29, 0.717) is 6.42 Å². The van der Waals surface area contributed by atoms with Crippen LogP contribution in [0.4, 0.5) is 0 Å². The molecule has 2 heterocycles. The molecule has 0 bridgehead atoms. The smallest absolute Gasteiger partial charge is 0.223 e. The van der Waals surface area contributed by atoms with E-state index >= 15 is 0 Å². The first-order valence-corrected chi connectivity index (χ1v) is 8.91. The minimum atomic E-state index is 0.0117. The molecule has 0 saturated carbocycles. The largest absolute Gasteiger partial charge is 0.336 e. The van der Waals surface area contributed by atoms with Crippen LogP contribution in [0.2, 0.25) is 0 Å². The molecule has 1 aromatic heterocycles. The molecule has 24 heavy (non-hydrogen) atoms. The number of aromatic nitrogens is 2. The van der Waals surface area contributed by atoms with Gasteiger partial charge in [0.2, 0.25) is 5.91 Å². The highest BCUT2D eigenvalue weighted by Gasteiger charge is 2.30. The van der Waals surface area contributed by atoms with Crippen molar-refractivity contribution in [3.63, 3.8) is 0 Å². The fourth-order valence-electron chi connectivity index (χ4n) is 3.62. The van der Waals surface area contributed by atoms with Gasteiger partial charge in [-0.1, -0.05) is 44.2 Å². The number of H-pyrrole nitrogens is 1. The van der Waals surface area contributed by atoms with E-state index in [9.17, 15) is 4.79 Å². The van der Waals surface area contributed by atoms with E-state index in [0.717, 1.165) is 31.4 Å². The van der Waals surface area contributed by atoms with Gasteiger partial charge in [0.1, 0.15) is 0 Å². The van der Waals surface area contributed by atoms with Gasteiger partial charge in [-0.2, -0.15) is 5.10 Å². The van der Waals surface area contributed by atoms with Crippen molar-refractivity contribution < 1.29 is 4.79 Å². The summed E-state index contributed by atoms with van der Waals surface area (Å²) in [4.78, 5) is 14.9. The number of piperidine rings is 1. The van der Waals surface area contributed by atoms with Crippen LogP contribution in [0.25, 0.3) is 0 Å². The van der Waals surface area contributed by atoms with Crippen molar-refractivity contribution in [2.24, 2.45) is 0 Å². The molecular weight excluding hydrogens is 298 g/mol. The van der Waals surface area contributed by atoms with Crippen LogP contribution >= 0.6 is 0 Å². The van der Waals surface area contributed by atoms with Crippen LogP contribution in [0.5, 0.6) is 0 Å². The molecule has 1 saturated heterocycles. The fraction of sp³-hybridized carbons (Fsp3) is 0.500. The Morgan fingerprint density at radius 3 is 2.79 bits per heavy atom. The van der Waals surface area contributed by atoms with Gasteiger partial charge in [0.05, 0.1) is 12.2 Å². The molecule has 1 amide bonds. The molecule has 4 heteroatoms. The second-order valence-electron chi connectivity index (χ2n) is 7.38. The van der Waals surface area contributed by atoms with Crippen molar-refractivity contribution in [2.45, 2.75) is 57.4 Å². The van der Waals surface area contributed by atoms with Crippen LogP contribution < -0.4 is 0 Å². The van der Waals surface area contributed by atoms with E-state index in [1.54, 1.807) is 0 Å². The first kappa shape index (κ1) is 16.7. The maximum atomic E-state index is 12.9. The zero-order chi connectivity index (χ0) is 17.0. The number of rotatable bonds is 5. The highest BCUT2D eigenvalue weighted by molar-refractivity contribution is 5.77. The molecule has 1 aliphatic heterocycles. The van der Waals surface area contributed by atoms with E-state index in [1.807, 2.05) is 18.5 Å². The Labute approximate surface area is 144 Å². The molecule has 1 fully saturated rings. The summed E-state index contributed by atoms with van der Waals surface area (Å²) in [5, 5.41) is 6.93. The van der Waals surface area contributed by atoms with Gasteiger partial charge in [-0.05, 0) is 36.7 Å². The second-order valence-corrected chi connectivity index (χ2v) is 7.38. The van der Waals surface area contributed by atoms with Crippen molar-refractivity contribution >= 4 is 5.91 Å². The number of carbonyl (C=O) groups is 1. The number of nitrogens with zero attached hydrogens (tertiary/aromatic N) is 2. The monoisotopic (exact) mass is 325 g/mol. The number of aromatic amines is 1. The highest BCUT2D eigenvalue weighted by Crippen LogP contribution is 2.33. The summed E-state index contributed by atoms with van der Waals surface area (Å²) in [6, 6.07) is 10.7. The first-order chi connectivity index (χ1) is 11.6. The van der Waals surface area contributed by atoms with Gasteiger partial charge in [0.15, 0.2) is 0 Å². The lowest BCUT2D eigenvalue weighted by Crippen LogP contribution is -2.39. The Morgan fingerprint density at radius 1 is 1.29 bits per heavy atom. The molecule has 1 aromatic carbocycles. The Hall–Kier alpha value is -2.10. The van der Waals surface area contributed by atoms with Crippen molar-refractivity contribution in [3.05, 3.63) is 53.9 Å². The topological polar surface area (TPSA) is 49.0 Å². The van der Waals surface area contributed by atoms with Gasteiger partial charge < -0.3 is 4.90 Å². The van der Waals surface area contributed by atoms with E-state index in [1.165, 1.54) is 12.0 Å². The Balaban J connectivity index is 1.65. The molecule has 0 aliphatic carbocycles. The molecular formula is C20H27N3O. The summed E-state index contributed by atoms with van der Waals surface area (Å²) in [5.41, 5.74) is 2.44. The normalized spacial score (nSPS) is 18.6. The van der Waals surface area contributed by atoms with E-state index < -0.39 is 0 Å². The van der Waals surface area contributed by atoms with E-state index in [-0.39, 0.29) is 17.4 Å². The lowest BCUT2D eigenvalue weighted by atomic mass is 9.80. The van der Waals surface area contributed by atoms with Gasteiger partial charge >= 0.3 is 0 Å². The van der Waals surface area contributed by atoms with Gasteiger partial charge in [-0.25, -0.2) is 0 Å². The number of hydrogen-bond acceptors (Lipinski definition) is 2. The van der Waals surface area contributed by atoms with Gasteiger partial charge in [-0.15, -0.1) is 0 Å². The zero-order valence-electron chi connectivity index (χ0n) is 14.7. The molecule has 2 aromatic rings. The van der Waals surface area contributed by atoms with Crippen molar-refractivity contribution in [2.75, 3.05) is 6.54 Å². The number of likely N-dealkylation sites (tertiary alicyclic amines) is 1. The Bertz CT molecular complexity index is 649. The van der Waals surface area contributed by atoms with Gasteiger partial charge in [0, 0.05) is 24.7 Å². The third kappa shape index (κ3) is 3.69. The van der Waals surface area contributed by atoms with Crippen LogP contribution in [-0.4, -0.2) is 27.5 Å².